The maximum absolute atomic E-state index is 13.2. The molecule has 1 fully saturated rings. The summed E-state index contributed by atoms with van der Waals surface area (Å²) in [5.41, 5.74) is 2.57. The van der Waals surface area contributed by atoms with E-state index in [2.05, 4.69) is 5.32 Å². The molecule has 1 aliphatic heterocycles. The van der Waals surface area contributed by atoms with E-state index in [4.69, 9.17) is 4.74 Å². The number of ether oxygens (including phenoxy) is 1. The molecule has 0 aliphatic carbocycles. The van der Waals surface area contributed by atoms with E-state index in [0.717, 1.165) is 5.56 Å². The molecule has 24 heavy (non-hydrogen) atoms. The topological polar surface area (TPSA) is 58.6 Å². The van der Waals surface area contributed by atoms with Gasteiger partial charge < -0.3 is 10.1 Å². The Bertz CT molecular complexity index is 774. The van der Waals surface area contributed by atoms with Crippen LogP contribution >= 0.6 is 0 Å². The van der Waals surface area contributed by atoms with E-state index in [9.17, 15) is 14.0 Å². The summed E-state index contributed by atoms with van der Waals surface area (Å²) in [7, 11) is 0. The maximum Gasteiger partial charge on any atom is 0.414 e. The molecular weight excluding hydrogens is 311 g/mol. The summed E-state index contributed by atoms with van der Waals surface area (Å²) in [6.07, 6.45) is -0.376. The molecule has 0 unspecified atom stereocenters. The van der Waals surface area contributed by atoms with Crippen molar-refractivity contribution in [3.8, 4) is 0 Å². The van der Waals surface area contributed by atoms with Crippen LogP contribution in [0.5, 0.6) is 0 Å². The highest BCUT2D eigenvalue weighted by Gasteiger charge is 2.23. The minimum absolute atomic E-state index is 0.229. The van der Waals surface area contributed by atoms with Gasteiger partial charge in [0.2, 0.25) is 0 Å². The summed E-state index contributed by atoms with van der Waals surface area (Å²) in [6.45, 7) is 2.88. The zero-order valence-electron chi connectivity index (χ0n) is 13.2. The van der Waals surface area contributed by atoms with Crippen LogP contribution in [0.1, 0.15) is 21.5 Å². The summed E-state index contributed by atoms with van der Waals surface area (Å²) >= 11 is 0. The number of aryl methyl sites for hydroxylation is 1. The minimum Gasteiger partial charge on any atom is -0.447 e. The van der Waals surface area contributed by atoms with Gasteiger partial charge in [0.15, 0.2) is 0 Å². The minimum atomic E-state index is -0.376. The number of hydrogen-bond donors (Lipinski definition) is 1. The molecule has 1 saturated heterocycles. The van der Waals surface area contributed by atoms with Crippen LogP contribution in [0.25, 0.3) is 0 Å². The third-order valence-electron chi connectivity index (χ3n) is 3.88. The third kappa shape index (κ3) is 3.37. The molecule has 0 radical (unpaired) electrons. The van der Waals surface area contributed by atoms with Crippen LogP contribution in [0.3, 0.4) is 0 Å². The van der Waals surface area contributed by atoms with E-state index in [1.165, 1.54) is 11.0 Å². The summed E-state index contributed by atoms with van der Waals surface area (Å²) < 4.78 is 18.1. The quantitative estimate of drug-likeness (QED) is 0.938. The Morgan fingerprint density at radius 3 is 2.62 bits per heavy atom. The van der Waals surface area contributed by atoms with Gasteiger partial charge in [-0.1, -0.05) is 12.1 Å². The molecule has 0 aromatic heterocycles. The number of rotatable bonds is 4. The first kappa shape index (κ1) is 16.0. The van der Waals surface area contributed by atoms with Crippen LogP contribution in [-0.4, -0.2) is 25.2 Å². The fourth-order valence-corrected chi connectivity index (χ4v) is 2.52. The van der Waals surface area contributed by atoms with Crippen LogP contribution in [0, 0.1) is 12.7 Å². The van der Waals surface area contributed by atoms with E-state index < -0.39 is 0 Å². The molecule has 0 spiro atoms. The Hall–Kier alpha value is -2.89. The lowest BCUT2D eigenvalue weighted by Gasteiger charge is -2.13. The third-order valence-corrected chi connectivity index (χ3v) is 3.88. The van der Waals surface area contributed by atoms with Crippen LogP contribution in [0.15, 0.2) is 42.5 Å². The Balaban J connectivity index is 1.62. The van der Waals surface area contributed by atoms with Gasteiger partial charge in [-0.2, -0.15) is 0 Å². The number of carbonyl (C=O) groups excluding carboxylic acids is 2. The fourth-order valence-electron chi connectivity index (χ4n) is 2.52. The summed E-state index contributed by atoms with van der Waals surface area (Å²) in [4.78, 5) is 25.2. The summed E-state index contributed by atoms with van der Waals surface area (Å²) in [5, 5.41) is 2.79. The molecule has 1 heterocycles. The van der Waals surface area contributed by atoms with Crippen molar-refractivity contribution < 1.29 is 18.7 Å². The maximum atomic E-state index is 13.2. The van der Waals surface area contributed by atoms with Crippen molar-refractivity contribution in [3.63, 3.8) is 0 Å². The first-order valence-electron chi connectivity index (χ1n) is 7.62. The molecule has 2 amide bonds. The lowest BCUT2D eigenvalue weighted by molar-refractivity contribution is 0.0951. The van der Waals surface area contributed by atoms with Gasteiger partial charge in [0, 0.05) is 17.8 Å². The zero-order chi connectivity index (χ0) is 17.1. The highest BCUT2D eigenvalue weighted by Crippen LogP contribution is 2.19. The van der Waals surface area contributed by atoms with Gasteiger partial charge in [0.05, 0.1) is 6.54 Å². The highest BCUT2D eigenvalue weighted by atomic mass is 19.1. The second kappa shape index (κ2) is 6.70. The lowest BCUT2D eigenvalue weighted by Crippen LogP contribution is -2.24. The first-order valence-corrected chi connectivity index (χ1v) is 7.62. The fraction of sp³-hybridized carbons (Fsp3) is 0.222. The molecule has 124 valence electrons. The monoisotopic (exact) mass is 328 g/mol. The van der Waals surface area contributed by atoms with Crippen molar-refractivity contribution in [2.45, 2.75) is 13.5 Å². The molecule has 5 nitrogen and oxygen atoms in total. The van der Waals surface area contributed by atoms with Crippen molar-refractivity contribution >= 4 is 17.7 Å². The van der Waals surface area contributed by atoms with E-state index in [0.29, 0.717) is 36.5 Å². The SMILES string of the molecule is Cc1cc(CNC(=O)c2ccc(N3CCOC3=O)cc2)ccc1F. The summed E-state index contributed by atoms with van der Waals surface area (Å²) in [5.74, 6) is -0.492. The van der Waals surface area contributed by atoms with Gasteiger partial charge in [-0.25, -0.2) is 9.18 Å². The molecule has 0 atom stereocenters. The van der Waals surface area contributed by atoms with Gasteiger partial charge in [0.1, 0.15) is 12.4 Å². The van der Waals surface area contributed by atoms with Gasteiger partial charge in [-0.3, -0.25) is 9.69 Å². The molecule has 3 rings (SSSR count). The number of hydrogen-bond acceptors (Lipinski definition) is 3. The molecule has 2 aromatic rings. The van der Waals surface area contributed by atoms with Crippen LogP contribution in [-0.2, 0) is 11.3 Å². The lowest BCUT2D eigenvalue weighted by atomic mass is 10.1. The van der Waals surface area contributed by atoms with Crippen LogP contribution in [0.2, 0.25) is 0 Å². The number of halogens is 1. The first-order chi connectivity index (χ1) is 11.5. The van der Waals surface area contributed by atoms with Crippen molar-refractivity contribution in [3.05, 3.63) is 65.0 Å². The summed E-state index contributed by atoms with van der Waals surface area (Å²) in [6, 6.07) is 11.5. The largest absolute Gasteiger partial charge is 0.447 e. The van der Waals surface area contributed by atoms with Crippen molar-refractivity contribution in [2.24, 2.45) is 0 Å². The average Bonchev–Trinajstić information content (AvgIpc) is 3.02. The number of nitrogens with one attached hydrogen (secondary N) is 1. The number of benzene rings is 2. The second-order valence-corrected chi connectivity index (χ2v) is 5.58. The normalized spacial score (nSPS) is 13.8. The highest BCUT2D eigenvalue weighted by molar-refractivity contribution is 5.95. The average molecular weight is 328 g/mol. The van der Waals surface area contributed by atoms with Crippen LogP contribution in [0.4, 0.5) is 14.9 Å². The van der Waals surface area contributed by atoms with E-state index in [-0.39, 0.29) is 17.8 Å². The van der Waals surface area contributed by atoms with Gasteiger partial charge in [-0.15, -0.1) is 0 Å². The number of amides is 2. The second-order valence-electron chi connectivity index (χ2n) is 5.58. The molecule has 0 saturated carbocycles. The predicted molar refractivity (Wildman–Crippen MR) is 87.4 cm³/mol. The molecule has 6 heteroatoms. The predicted octanol–water partition coefficient (Wildman–Crippen LogP) is 3.02. The molecular formula is C18H17FN2O3. The Labute approximate surface area is 139 Å². The van der Waals surface area contributed by atoms with E-state index in [1.807, 2.05) is 0 Å². The molecule has 1 aliphatic rings. The molecule has 1 N–H and O–H groups in total. The smallest absolute Gasteiger partial charge is 0.414 e. The molecule has 2 aromatic carbocycles. The van der Waals surface area contributed by atoms with Gasteiger partial charge in [-0.05, 0) is 48.4 Å². The van der Waals surface area contributed by atoms with Crippen LogP contribution < -0.4 is 10.2 Å². The van der Waals surface area contributed by atoms with Crippen molar-refractivity contribution in [1.82, 2.24) is 5.32 Å². The standard InChI is InChI=1S/C18H17FN2O3/c1-12-10-13(2-7-16(12)19)11-20-17(22)14-3-5-15(6-4-14)21-8-9-24-18(21)23/h2-7,10H,8-9,11H2,1H3,(H,20,22). The Morgan fingerprint density at radius 1 is 1.25 bits per heavy atom. The zero-order valence-corrected chi connectivity index (χ0v) is 13.2. The van der Waals surface area contributed by atoms with E-state index in [1.54, 1.807) is 43.3 Å². The number of nitrogens with zero attached hydrogens (tertiary/aromatic N) is 1. The molecule has 0 bridgehead atoms. The Morgan fingerprint density at radius 2 is 2.00 bits per heavy atom. The Kier molecular flexibility index (Phi) is 4.46. The number of carbonyl (C=O) groups is 2. The van der Waals surface area contributed by atoms with Gasteiger partial charge >= 0.3 is 6.09 Å². The van der Waals surface area contributed by atoms with Crippen molar-refractivity contribution in [2.75, 3.05) is 18.1 Å². The van der Waals surface area contributed by atoms with E-state index >= 15 is 0 Å². The van der Waals surface area contributed by atoms with Crippen molar-refractivity contribution in [1.29, 1.82) is 0 Å². The number of cyclic esters (lactones) is 1. The number of anilines is 1. The van der Waals surface area contributed by atoms with Gasteiger partial charge in [0.25, 0.3) is 5.91 Å².